The summed E-state index contributed by atoms with van der Waals surface area (Å²) in [5, 5.41) is 2.70. The molecule has 0 heterocycles. The molecule has 1 rings (SSSR count). The van der Waals surface area contributed by atoms with Crippen LogP contribution in [-0.4, -0.2) is 19.1 Å². The van der Waals surface area contributed by atoms with Crippen LogP contribution in [0.5, 0.6) is 5.75 Å². The van der Waals surface area contributed by atoms with Crippen LogP contribution >= 0.6 is 0 Å². The highest BCUT2D eigenvalue weighted by Gasteiger charge is 2.15. The Morgan fingerprint density at radius 2 is 2.14 bits per heavy atom. The molecule has 0 fully saturated rings. The van der Waals surface area contributed by atoms with Crippen LogP contribution in [0.25, 0.3) is 0 Å². The van der Waals surface area contributed by atoms with Crippen molar-refractivity contribution in [2.45, 2.75) is 33.6 Å². The van der Waals surface area contributed by atoms with Crippen molar-refractivity contribution in [2.24, 2.45) is 17.6 Å². The van der Waals surface area contributed by atoms with Gasteiger partial charge in [-0.1, -0.05) is 13.8 Å². The van der Waals surface area contributed by atoms with Gasteiger partial charge in [0, 0.05) is 18.2 Å². The molecular weight excluding hydrogens is 271 g/mol. The van der Waals surface area contributed by atoms with Crippen molar-refractivity contribution < 1.29 is 13.9 Å². The van der Waals surface area contributed by atoms with Gasteiger partial charge in [0.05, 0.1) is 6.61 Å². The molecule has 1 aromatic rings. The Morgan fingerprint density at radius 1 is 1.43 bits per heavy atom. The van der Waals surface area contributed by atoms with E-state index < -0.39 is 5.82 Å². The summed E-state index contributed by atoms with van der Waals surface area (Å²) in [6.45, 7) is 6.86. The molecular formula is C16H25FN2O2. The number of carbonyl (C=O) groups is 1. The van der Waals surface area contributed by atoms with Crippen LogP contribution in [0.4, 0.5) is 10.1 Å². The van der Waals surface area contributed by atoms with E-state index in [9.17, 15) is 9.18 Å². The zero-order chi connectivity index (χ0) is 15.8. The number of benzene rings is 1. The molecule has 0 saturated carbocycles. The molecule has 3 N–H and O–H groups in total. The molecule has 21 heavy (non-hydrogen) atoms. The van der Waals surface area contributed by atoms with Gasteiger partial charge < -0.3 is 15.8 Å². The van der Waals surface area contributed by atoms with Crippen LogP contribution in [0.3, 0.4) is 0 Å². The van der Waals surface area contributed by atoms with Crippen molar-refractivity contribution in [2.75, 3.05) is 18.5 Å². The standard InChI is InChI=1S/C16H25FN2O2/c1-4-21-15-6-5-13(9-14(15)17)19-16(20)8-12(10-18)7-11(2)3/h5-6,9,11-12H,4,7-8,10,18H2,1-3H3,(H,19,20). The lowest BCUT2D eigenvalue weighted by Crippen LogP contribution is -2.23. The van der Waals surface area contributed by atoms with Gasteiger partial charge in [-0.3, -0.25) is 4.79 Å². The summed E-state index contributed by atoms with van der Waals surface area (Å²) in [4.78, 5) is 12.0. The molecule has 4 nitrogen and oxygen atoms in total. The van der Waals surface area contributed by atoms with E-state index >= 15 is 0 Å². The van der Waals surface area contributed by atoms with Crippen molar-refractivity contribution in [3.05, 3.63) is 24.0 Å². The average molecular weight is 296 g/mol. The molecule has 1 atom stereocenters. The number of anilines is 1. The zero-order valence-electron chi connectivity index (χ0n) is 13.0. The summed E-state index contributed by atoms with van der Waals surface area (Å²) in [6, 6.07) is 4.41. The number of halogens is 1. The van der Waals surface area contributed by atoms with E-state index in [0.29, 0.717) is 31.2 Å². The quantitative estimate of drug-likeness (QED) is 0.774. The topological polar surface area (TPSA) is 64.3 Å². The molecule has 0 aromatic heterocycles. The van der Waals surface area contributed by atoms with Gasteiger partial charge in [0.25, 0.3) is 0 Å². The fraction of sp³-hybridized carbons (Fsp3) is 0.562. The Hall–Kier alpha value is -1.62. The first-order chi connectivity index (χ1) is 9.96. The third-order valence-electron chi connectivity index (χ3n) is 3.13. The second kappa shape index (κ2) is 8.62. The first kappa shape index (κ1) is 17.4. The number of hydrogen-bond acceptors (Lipinski definition) is 3. The highest BCUT2D eigenvalue weighted by molar-refractivity contribution is 5.90. The van der Waals surface area contributed by atoms with Gasteiger partial charge in [-0.25, -0.2) is 4.39 Å². The van der Waals surface area contributed by atoms with Gasteiger partial charge in [-0.15, -0.1) is 0 Å². The van der Waals surface area contributed by atoms with Crippen LogP contribution in [0.15, 0.2) is 18.2 Å². The van der Waals surface area contributed by atoms with Gasteiger partial charge in [0.2, 0.25) is 5.91 Å². The highest BCUT2D eigenvalue weighted by Crippen LogP contribution is 2.22. The molecule has 1 unspecified atom stereocenters. The predicted molar refractivity (Wildman–Crippen MR) is 82.8 cm³/mol. The van der Waals surface area contributed by atoms with Crippen molar-refractivity contribution >= 4 is 11.6 Å². The summed E-state index contributed by atoms with van der Waals surface area (Å²) < 4.78 is 18.8. The molecule has 0 aliphatic carbocycles. The number of hydrogen-bond donors (Lipinski definition) is 2. The van der Waals surface area contributed by atoms with Gasteiger partial charge in [0.15, 0.2) is 11.6 Å². The maximum absolute atomic E-state index is 13.7. The second-order valence-corrected chi connectivity index (χ2v) is 5.56. The Labute approximate surface area is 125 Å². The molecule has 0 aliphatic rings. The van der Waals surface area contributed by atoms with Crippen LogP contribution in [0.2, 0.25) is 0 Å². The van der Waals surface area contributed by atoms with Crippen LogP contribution in [0, 0.1) is 17.7 Å². The first-order valence-electron chi connectivity index (χ1n) is 7.38. The van der Waals surface area contributed by atoms with Crippen molar-refractivity contribution in [3.8, 4) is 5.75 Å². The maximum Gasteiger partial charge on any atom is 0.224 e. The van der Waals surface area contributed by atoms with Crippen LogP contribution < -0.4 is 15.8 Å². The Bertz CT molecular complexity index is 464. The van der Waals surface area contributed by atoms with Crippen molar-refractivity contribution in [1.82, 2.24) is 0 Å². The largest absolute Gasteiger partial charge is 0.491 e. The molecule has 1 aromatic carbocycles. The molecule has 0 bridgehead atoms. The van der Waals surface area contributed by atoms with E-state index in [2.05, 4.69) is 19.2 Å². The number of nitrogens with one attached hydrogen (secondary N) is 1. The molecule has 0 spiro atoms. The molecule has 0 radical (unpaired) electrons. The van der Waals surface area contributed by atoms with E-state index in [1.807, 2.05) is 0 Å². The summed E-state index contributed by atoms with van der Waals surface area (Å²) in [7, 11) is 0. The van der Waals surface area contributed by atoms with Crippen molar-refractivity contribution in [1.29, 1.82) is 0 Å². The van der Waals surface area contributed by atoms with Crippen molar-refractivity contribution in [3.63, 3.8) is 0 Å². The molecule has 0 aliphatic heterocycles. The van der Waals surface area contributed by atoms with Gasteiger partial charge in [-0.05, 0) is 43.9 Å². The number of amides is 1. The normalized spacial score (nSPS) is 12.3. The molecule has 1 amide bonds. The number of carbonyl (C=O) groups excluding carboxylic acids is 1. The number of nitrogens with two attached hydrogens (primary N) is 1. The van der Waals surface area contributed by atoms with E-state index in [1.165, 1.54) is 12.1 Å². The van der Waals surface area contributed by atoms with Gasteiger partial charge in [0.1, 0.15) is 0 Å². The fourth-order valence-corrected chi connectivity index (χ4v) is 2.25. The van der Waals surface area contributed by atoms with E-state index in [0.717, 1.165) is 6.42 Å². The molecule has 118 valence electrons. The summed E-state index contributed by atoms with van der Waals surface area (Å²) >= 11 is 0. The fourth-order valence-electron chi connectivity index (χ4n) is 2.25. The lowest BCUT2D eigenvalue weighted by Gasteiger charge is -2.16. The van der Waals surface area contributed by atoms with Gasteiger partial charge >= 0.3 is 0 Å². The van der Waals surface area contributed by atoms with Crippen LogP contribution in [-0.2, 0) is 4.79 Å². The molecule has 5 heteroatoms. The van der Waals surface area contributed by atoms with E-state index in [-0.39, 0.29) is 17.6 Å². The first-order valence-corrected chi connectivity index (χ1v) is 7.38. The third-order valence-corrected chi connectivity index (χ3v) is 3.13. The lowest BCUT2D eigenvalue weighted by molar-refractivity contribution is -0.117. The maximum atomic E-state index is 13.7. The summed E-state index contributed by atoms with van der Waals surface area (Å²) in [5.74, 6) is 0.212. The monoisotopic (exact) mass is 296 g/mol. The summed E-state index contributed by atoms with van der Waals surface area (Å²) in [5.41, 5.74) is 6.12. The zero-order valence-corrected chi connectivity index (χ0v) is 13.0. The second-order valence-electron chi connectivity index (χ2n) is 5.56. The van der Waals surface area contributed by atoms with Crippen LogP contribution in [0.1, 0.15) is 33.6 Å². The van der Waals surface area contributed by atoms with E-state index in [4.69, 9.17) is 10.5 Å². The Kier molecular flexibility index (Phi) is 7.15. The average Bonchev–Trinajstić information content (AvgIpc) is 2.40. The van der Waals surface area contributed by atoms with Gasteiger partial charge in [-0.2, -0.15) is 0 Å². The third kappa shape index (κ3) is 6.12. The summed E-state index contributed by atoms with van der Waals surface area (Å²) in [6.07, 6.45) is 1.26. The lowest BCUT2D eigenvalue weighted by atomic mass is 9.94. The van der Waals surface area contributed by atoms with E-state index in [1.54, 1.807) is 13.0 Å². The molecule has 0 saturated heterocycles. The minimum absolute atomic E-state index is 0.144. The smallest absolute Gasteiger partial charge is 0.224 e. The number of rotatable bonds is 8. The number of ether oxygens (including phenoxy) is 1. The Morgan fingerprint density at radius 3 is 2.67 bits per heavy atom. The SMILES string of the molecule is CCOc1ccc(NC(=O)CC(CN)CC(C)C)cc1F. The minimum Gasteiger partial charge on any atom is -0.491 e. The highest BCUT2D eigenvalue weighted by atomic mass is 19.1. The predicted octanol–water partition coefficient (Wildman–Crippen LogP) is 3.17. The Balaban J connectivity index is 2.60. The minimum atomic E-state index is -0.479.